The van der Waals surface area contributed by atoms with E-state index in [1.165, 1.54) is 11.2 Å². The SMILES string of the molecule is CC(=O)N1CCCc2cc(S(=O)(=O)N3CCN(c4ccc(-c5ccccc5Cl)nn4)CC3)ccc21. The molecule has 2 aromatic carbocycles. The van der Waals surface area contributed by atoms with Crippen LogP contribution in [0.15, 0.2) is 59.5 Å². The molecular formula is C25H26ClN5O3S. The highest BCUT2D eigenvalue weighted by molar-refractivity contribution is 7.89. The standard InChI is InChI=1S/C25H26ClN5O3S/c1-18(32)31-12-4-5-19-17-20(8-10-24(19)31)35(33,34)30-15-13-29(14-16-30)25-11-9-23(27-28-25)21-6-2-3-7-22(21)26/h2-3,6-11,17H,4-5,12-16H2,1H3. The Morgan fingerprint density at radius 3 is 2.40 bits per heavy atom. The number of aromatic nitrogens is 2. The molecule has 0 bridgehead atoms. The Morgan fingerprint density at radius 1 is 0.943 bits per heavy atom. The smallest absolute Gasteiger partial charge is 0.243 e. The van der Waals surface area contributed by atoms with Crippen LogP contribution in [0.3, 0.4) is 0 Å². The minimum atomic E-state index is -3.63. The first-order valence-electron chi connectivity index (χ1n) is 11.6. The molecule has 35 heavy (non-hydrogen) atoms. The molecule has 5 rings (SSSR count). The number of aryl methyl sites for hydroxylation is 1. The van der Waals surface area contributed by atoms with Crippen molar-refractivity contribution < 1.29 is 13.2 Å². The van der Waals surface area contributed by atoms with Crippen molar-refractivity contribution in [1.82, 2.24) is 14.5 Å². The average Bonchev–Trinajstić information content (AvgIpc) is 2.88. The minimum absolute atomic E-state index is 0.0272. The van der Waals surface area contributed by atoms with E-state index in [0.717, 1.165) is 29.7 Å². The highest BCUT2D eigenvalue weighted by atomic mass is 35.5. The number of halogens is 1. The Labute approximate surface area is 210 Å². The summed E-state index contributed by atoms with van der Waals surface area (Å²) >= 11 is 6.26. The van der Waals surface area contributed by atoms with Gasteiger partial charge in [-0.3, -0.25) is 4.79 Å². The third kappa shape index (κ3) is 4.63. The second kappa shape index (κ2) is 9.56. The zero-order chi connectivity index (χ0) is 24.6. The van der Waals surface area contributed by atoms with Gasteiger partial charge in [0.2, 0.25) is 15.9 Å². The maximum absolute atomic E-state index is 13.4. The largest absolute Gasteiger partial charge is 0.352 e. The van der Waals surface area contributed by atoms with Crippen molar-refractivity contribution in [3.63, 3.8) is 0 Å². The van der Waals surface area contributed by atoms with Gasteiger partial charge in [0.15, 0.2) is 5.82 Å². The number of benzene rings is 2. The normalized spacial score (nSPS) is 16.7. The Morgan fingerprint density at radius 2 is 1.71 bits per heavy atom. The van der Waals surface area contributed by atoms with E-state index in [1.807, 2.05) is 41.3 Å². The van der Waals surface area contributed by atoms with Crippen molar-refractivity contribution in [2.75, 3.05) is 42.5 Å². The van der Waals surface area contributed by atoms with Crippen LogP contribution >= 0.6 is 11.6 Å². The van der Waals surface area contributed by atoms with Gasteiger partial charge in [-0.1, -0.05) is 29.8 Å². The Hall–Kier alpha value is -3.01. The lowest BCUT2D eigenvalue weighted by Crippen LogP contribution is -2.49. The van der Waals surface area contributed by atoms with Crippen molar-refractivity contribution in [1.29, 1.82) is 0 Å². The van der Waals surface area contributed by atoms with Crippen molar-refractivity contribution in [2.24, 2.45) is 0 Å². The number of carbonyl (C=O) groups is 1. The Kier molecular flexibility index (Phi) is 6.48. The number of hydrogen-bond donors (Lipinski definition) is 0. The van der Waals surface area contributed by atoms with E-state index in [0.29, 0.717) is 49.3 Å². The predicted molar refractivity (Wildman–Crippen MR) is 136 cm³/mol. The molecule has 8 nitrogen and oxygen atoms in total. The molecule has 0 N–H and O–H groups in total. The molecule has 1 saturated heterocycles. The molecule has 0 radical (unpaired) electrons. The summed E-state index contributed by atoms with van der Waals surface area (Å²) in [6.45, 7) is 3.94. The molecule has 1 amide bonds. The fourth-order valence-corrected chi connectivity index (χ4v) is 6.38. The number of anilines is 2. The summed E-state index contributed by atoms with van der Waals surface area (Å²) in [4.78, 5) is 15.9. The molecule has 10 heteroatoms. The minimum Gasteiger partial charge on any atom is -0.352 e. The van der Waals surface area contributed by atoms with Gasteiger partial charge in [0.1, 0.15) is 0 Å². The van der Waals surface area contributed by atoms with E-state index in [2.05, 4.69) is 10.2 Å². The van der Waals surface area contributed by atoms with Gasteiger partial charge in [-0.15, -0.1) is 10.2 Å². The van der Waals surface area contributed by atoms with Crippen LogP contribution in [0, 0.1) is 0 Å². The lowest BCUT2D eigenvalue weighted by Gasteiger charge is -2.35. The molecule has 0 saturated carbocycles. The average molecular weight is 512 g/mol. The van der Waals surface area contributed by atoms with Crippen LogP contribution in [0.1, 0.15) is 18.9 Å². The molecule has 1 fully saturated rings. The second-order valence-corrected chi connectivity index (χ2v) is 11.1. The lowest BCUT2D eigenvalue weighted by atomic mass is 10.0. The lowest BCUT2D eigenvalue weighted by molar-refractivity contribution is -0.116. The quantitative estimate of drug-likeness (QED) is 0.532. The van der Waals surface area contributed by atoms with Crippen LogP contribution in [0.4, 0.5) is 11.5 Å². The molecule has 2 aliphatic rings. The van der Waals surface area contributed by atoms with E-state index in [-0.39, 0.29) is 10.8 Å². The van der Waals surface area contributed by atoms with Gasteiger partial charge < -0.3 is 9.80 Å². The van der Waals surface area contributed by atoms with Crippen molar-refractivity contribution in [3.8, 4) is 11.3 Å². The van der Waals surface area contributed by atoms with Crippen LogP contribution in [0.25, 0.3) is 11.3 Å². The fraction of sp³-hybridized carbons (Fsp3) is 0.320. The van der Waals surface area contributed by atoms with Crippen LogP contribution < -0.4 is 9.80 Å². The van der Waals surface area contributed by atoms with Crippen molar-refractivity contribution in [2.45, 2.75) is 24.7 Å². The number of carbonyl (C=O) groups excluding carboxylic acids is 1. The third-order valence-corrected chi connectivity index (χ3v) is 8.77. The number of amides is 1. The molecule has 182 valence electrons. The number of rotatable bonds is 4. The molecule has 3 aromatic rings. The molecule has 0 unspecified atom stereocenters. The van der Waals surface area contributed by atoms with E-state index in [9.17, 15) is 13.2 Å². The molecule has 0 atom stereocenters. The molecule has 3 heterocycles. The maximum atomic E-state index is 13.4. The summed E-state index contributed by atoms with van der Waals surface area (Å²) in [5, 5.41) is 9.29. The summed E-state index contributed by atoms with van der Waals surface area (Å²) in [7, 11) is -3.63. The molecule has 0 spiro atoms. The maximum Gasteiger partial charge on any atom is 0.243 e. The van der Waals surface area contributed by atoms with Crippen LogP contribution in [-0.4, -0.2) is 61.6 Å². The van der Waals surface area contributed by atoms with Gasteiger partial charge in [0, 0.05) is 50.9 Å². The highest BCUT2D eigenvalue weighted by Gasteiger charge is 2.30. The second-order valence-electron chi connectivity index (χ2n) is 8.71. The molecular weight excluding hydrogens is 486 g/mol. The number of nitrogens with zero attached hydrogens (tertiary/aromatic N) is 5. The summed E-state index contributed by atoms with van der Waals surface area (Å²) in [5.41, 5.74) is 3.23. The summed E-state index contributed by atoms with van der Waals surface area (Å²) in [6, 6.07) is 16.3. The van der Waals surface area contributed by atoms with Gasteiger partial charge in [-0.05, 0) is 54.8 Å². The summed E-state index contributed by atoms with van der Waals surface area (Å²) < 4.78 is 28.2. The molecule has 1 aromatic heterocycles. The third-order valence-electron chi connectivity index (χ3n) is 6.55. The van der Waals surface area contributed by atoms with E-state index in [4.69, 9.17) is 11.6 Å². The van der Waals surface area contributed by atoms with Crippen molar-refractivity contribution >= 4 is 39.0 Å². The van der Waals surface area contributed by atoms with E-state index in [1.54, 1.807) is 23.1 Å². The van der Waals surface area contributed by atoms with E-state index >= 15 is 0 Å². The first-order valence-corrected chi connectivity index (χ1v) is 13.4. The first kappa shape index (κ1) is 23.7. The summed E-state index contributed by atoms with van der Waals surface area (Å²) in [5.74, 6) is 0.677. The summed E-state index contributed by atoms with van der Waals surface area (Å²) in [6.07, 6.45) is 1.59. The topological polar surface area (TPSA) is 86.7 Å². The van der Waals surface area contributed by atoms with Crippen LogP contribution in [0.2, 0.25) is 5.02 Å². The van der Waals surface area contributed by atoms with Gasteiger partial charge in [-0.25, -0.2) is 8.42 Å². The molecule has 2 aliphatic heterocycles. The van der Waals surface area contributed by atoms with E-state index < -0.39 is 10.0 Å². The number of sulfonamides is 1. The number of piperazine rings is 1. The Balaban J connectivity index is 1.28. The zero-order valence-corrected chi connectivity index (χ0v) is 21.0. The zero-order valence-electron chi connectivity index (χ0n) is 19.4. The van der Waals surface area contributed by atoms with Gasteiger partial charge >= 0.3 is 0 Å². The van der Waals surface area contributed by atoms with Crippen LogP contribution in [0.5, 0.6) is 0 Å². The van der Waals surface area contributed by atoms with Gasteiger partial charge in [0.25, 0.3) is 0 Å². The first-order chi connectivity index (χ1) is 16.8. The fourth-order valence-electron chi connectivity index (χ4n) is 4.67. The van der Waals surface area contributed by atoms with Gasteiger partial charge in [0.05, 0.1) is 15.6 Å². The highest BCUT2D eigenvalue weighted by Crippen LogP contribution is 2.31. The number of hydrogen-bond acceptors (Lipinski definition) is 6. The van der Waals surface area contributed by atoms with Crippen molar-refractivity contribution in [3.05, 3.63) is 65.2 Å². The monoisotopic (exact) mass is 511 g/mol. The Bertz CT molecular complexity index is 1360. The van der Waals surface area contributed by atoms with Gasteiger partial charge in [-0.2, -0.15) is 4.31 Å². The van der Waals surface area contributed by atoms with Crippen LogP contribution in [-0.2, 0) is 21.2 Å². The number of fused-ring (bicyclic) bond motifs is 1. The molecule has 0 aliphatic carbocycles. The predicted octanol–water partition coefficient (Wildman–Crippen LogP) is 3.61.